The Morgan fingerprint density at radius 3 is 2.31 bits per heavy atom. The van der Waals surface area contributed by atoms with E-state index in [9.17, 15) is 14.7 Å². The van der Waals surface area contributed by atoms with Crippen molar-refractivity contribution in [1.82, 2.24) is 0 Å². The van der Waals surface area contributed by atoms with Crippen LogP contribution in [-0.2, 0) is 14.3 Å². The molecule has 3 aromatic rings. The first-order valence-corrected chi connectivity index (χ1v) is 12.4. The number of anilines is 1. The second-order valence-electron chi connectivity index (χ2n) is 9.60. The van der Waals surface area contributed by atoms with E-state index in [-0.39, 0.29) is 48.6 Å². The van der Waals surface area contributed by atoms with Crippen molar-refractivity contribution in [3.8, 4) is 28.7 Å². The average molecular weight is 534 g/mol. The van der Waals surface area contributed by atoms with Crippen LogP contribution in [0.3, 0.4) is 0 Å². The molecule has 202 valence electrons. The number of fused-ring (bicyclic) bond motifs is 3. The smallest absolute Gasteiger partial charge is 0.337 e. The Morgan fingerprint density at radius 1 is 0.949 bits per heavy atom. The van der Waals surface area contributed by atoms with Crippen molar-refractivity contribution in [3.05, 3.63) is 70.8 Å². The molecule has 2 heterocycles. The molecule has 10 nitrogen and oxygen atoms in total. The van der Waals surface area contributed by atoms with E-state index >= 15 is 0 Å². The molecular weight excluding hydrogens is 506 g/mol. The van der Waals surface area contributed by atoms with Crippen molar-refractivity contribution in [1.29, 1.82) is 0 Å². The highest BCUT2D eigenvalue weighted by molar-refractivity contribution is 5.90. The van der Waals surface area contributed by atoms with Gasteiger partial charge in [0, 0.05) is 17.5 Å². The molecule has 0 saturated carbocycles. The molecule has 0 radical (unpaired) electrons. The summed E-state index contributed by atoms with van der Waals surface area (Å²) in [6.07, 6.45) is 0. The minimum absolute atomic E-state index is 0.0952. The van der Waals surface area contributed by atoms with Gasteiger partial charge in [-0.15, -0.1) is 0 Å². The van der Waals surface area contributed by atoms with E-state index in [0.717, 1.165) is 16.7 Å². The molecule has 10 heteroatoms. The van der Waals surface area contributed by atoms with Crippen molar-refractivity contribution in [2.24, 2.45) is 11.8 Å². The number of hydrogen-bond donors (Lipinski definition) is 2. The number of rotatable bonds is 6. The SMILES string of the molecule is COC(=O)c1cccc(N[C@@H]2c3cc4c(cc3[C@H](c3cc(OC)c(O)c(OC)c3)[C@H]3C(=O)OCC23)OCO4)c1. The molecule has 2 aliphatic heterocycles. The highest BCUT2D eigenvalue weighted by Crippen LogP contribution is 2.56. The summed E-state index contributed by atoms with van der Waals surface area (Å²) in [5.74, 6) is -0.517. The largest absolute Gasteiger partial charge is 0.502 e. The van der Waals surface area contributed by atoms with Crippen LogP contribution in [0.4, 0.5) is 5.69 Å². The van der Waals surface area contributed by atoms with Crippen LogP contribution in [0.1, 0.15) is 39.0 Å². The van der Waals surface area contributed by atoms with E-state index in [1.165, 1.54) is 21.3 Å². The van der Waals surface area contributed by atoms with E-state index in [0.29, 0.717) is 22.7 Å². The highest BCUT2D eigenvalue weighted by Gasteiger charge is 2.52. The topological polar surface area (TPSA) is 122 Å². The zero-order valence-electron chi connectivity index (χ0n) is 21.6. The van der Waals surface area contributed by atoms with Crippen molar-refractivity contribution in [3.63, 3.8) is 0 Å². The van der Waals surface area contributed by atoms with E-state index in [4.69, 9.17) is 28.4 Å². The molecule has 0 aromatic heterocycles. The number of nitrogens with one attached hydrogen (secondary N) is 1. The minimum Gasteiger partial charge on any atom is -0.502 e. The van der Waals surface area contributed by atoms with Gasteiger partial charge in [-0.1, -0.05) is 6.07 Å². The third-order valence-corrected chi connectivity index (χ3v) is 7.65. The Bertz CT molecular complexity index is 1440. The summed E-state index contributed by atoms with van der Waals surface area (Å²) < 4.78 is 32.8. The Balaban J connectivity index is 1.52. The van der Waals surface area contributed by atoms with E-state index in [1.54, 1.807) is 30.3 Å². The van der Waals surface area contributed by atoms with Crippen LogP contribution in [0, 0.1) is 11.8 Å². The van der Waals surface area contributed by atoms with Gasteiger partial charge in [0.15, 0.2) is 23.0 Å². The molecule has 4 atom stereocenters. The Kier molecular flexibility index (Phi) is 6.09. The standard InChI is InChI=1S/C29H27NO9/c1-34-22-8-15(9-23(35-2)27(22)31)24-17-10-20-21(39-13-38-20)11-18(17)26(19-12-37-29(33)25(19)24)30-16-6-4-5-14(7-16)28(32)36-3/h4-11,19,24-26,30-31H,12-13H2,1-3H3/t19?,24-,25-,26+/m0/s1. The summed E-state index contributed by atoms with van der Waals surface area (Å²) >= 11 is 0. The monoisotopic (exact) mass is 533 g/mol. The van der Waals surface area contributed by atoms with Gasteiger partial charge in [-0.2, -0.15) is 0 Å². The van der Waals surface area contributed by atoms with Crippen molar-refractivity contribution >= 4 is 17.6 Å². The van der Waals surface area contributed by atoms with Gasteiger partial charge >= 0.3 is 11.9 Å². The van der Waals surface area contributed by atoms with Crippen LogP contribution >= 0.6 is 0 Å². The number of carbonyl (C=O) groups excluding carboxylic acids is 2. The zero-order valence-corrected chi connectivity index (χ0v) is 21.6. The van der Waals surface area contributed by atoms with E-state index in [2.05, 4.69) is 5.32 Å². The number of hydrogen-bond acceptors (Lipinski definition) is 10. The van der Waals surface area contributed by atoms with Gasteiger partial charge in [0.05, 0.1) is 45.5 Å². The Morgan fingerprint density at radius 2 is 1.64 bits per heavy atom. The number of aromatic hydroxyl groups is 1. The van der Waals surface area contributed by atoms with Crippen molar-refractivity contribution in [2.75, 3.05) is 40.0 Å². The number of phenolic OH excluding ortho intramolecular Hbond substituents is 1. The molecule has 0 bridgehead atoms. The molecule has 1 saturated heterocycles. The summed E-state index contributed by atoms with van der Waals surface area (Å²) in [5.41, 5.74) is 3.56. The molecule has 3 aliphatic rings. The third kappa shape index (κ3) is 4.03. The maximum absolute atomic E-state index is 13.3. The third-order valence-electron chi connectivity index (χ3n) is 7.65. The van der Waals surface area contributed by atoms with Crippen LogP contribution in [-0.4, -0.2) is 51.8 Å². The predicted molar refractivity (Wildman–Crippen MR) is 138 cm³/mol. The van der Waals surface area contributed by atoms with Crippen molar-refractivity contribution in [2.45, 2.75) is 12.0 Å². The predicted octanol–water partition coefficient (Wildman–Crippen LogP) is 4.01. The first-order valence-electron chi connectivity index (χ1n) is 12.4. The lowest BCUT2D eigenvalue weighted by atomic mass is 9.65. The lowest BCUT2D eigenvalue weighted by molar-refractivity contribution is -0.141. The number of methoxy groups -OCH3 is 3. The number of cyclic esters (lactones) is 1. The van der Waals surface area contributed by atoms with Crippen LogP contribution in [0.15, 0.2) is 48.5 Å². The summed E-state index contributed by atoms with van der Waals surface area (Å²) in [6, 6.07) is 13.9. The zero-order chi connectivity index (χ0) is 27.3. The number of carbonyl (C=O) groups is 2. The molecule has 39 heavy (non-hydrogen) atoms. The molecule has 1 unspecified atom stereocenters. The summed E-state index contributed by atoms with van der Waals surface area (Å²) in [4.78, 5) is 25.5. The first-order chi connectivity index (χ1) is 18.9. The molecule has 1 aliphatic carbocycles. The van der Waals surface area contributed by atoms with Gasteiger partial charge in [-0.05, 0) is 59.2 Å². The minimum atomic E-state index is -0.557. The number of esters is 2. The lowest BCUT2D eigenvalue weighted by Gasteiger charge is -2.40. The molecular formula is C29H27NO9. The van der Waals surface area contributed by atoms with Gasteiger partial charge in [0.1, 0.15) is 0 Å². The second-order valence-corrected chi connectivity index (χ2v) is 9.60. The highest BCUT2D eigenvalue weighted by atomic mass is 16.7. The molecule has 0 spiro atoms. The number of benzene rings is 3. The first kappa shape index (κ1) is 24.7. The maximum Gasteiger partial charge on any atom is 0.337 e. The van der Waals surface area contributed by atoms with Crippen LogP contribution in [0.2, 0.25) is 0 Å². The quantitative estimate of drug-likeness (QED) is 0.450. The fourth-order valence-corrected chi connectivity index (χ4v) is 5.87. The van der Waals surface area contributed by atoms with Crippen LogP contribution in [0.5, 0.6) is 28.7 Å². The maximum atomic E-state index is 13.3. The van der Waals surface area contributed by atoms with Gasteiger partial charge in [0.2, 0.25) is 12.5 Å². The lowest BCUT2D eigenvalue weighted by Crippen LogP contribution is -2.37. The van der Waals surface area contributed by atoms with Gasteiger partial charge < -0.3 is 38.8 Å². The van der Waals surface area contributed by atoms with Crippen LogP contribution < -0.4 is 24.3 Å². The molecule has 6 rings (SSSR count). The van der Waals surface area contributed by atoms with Gasteiger partial charge in [-0.25, -0.2) is 4.79 Å². The molecule has 2 N–H and O–H groups in total. The molecule has 0 amide bonds. The average Bonchev–Trinajstić information content (AvgIpc) is 3.58. The Hall–Kier alpha value is -4.60. The Labute approximate surface area is 224 Å². The summed E-state index contributed by atoms with van der Waals surface area (Å²) in [6.45, 7) is 0.298. The second kappa shape index (κ2) is 9.61. The van der Waals surface area contributed by atoms with Crippen LogP contribution in [0.25, 0.3) is 0 Å². The van der Waals surface area contributed by atoms with Crippen molar-refractivity contribution < 1.29 is 43.1 Å². The van der Waals surface area contributed by atoms with E-state index < -0.39 is 17.8 Å². The summed E-state index contributed by atoms with van der Waals surface area (Å²) in [5, 5.41) is 14.1. The normalized spacial score (nSPS) is 22.4. The van der Waals surface area contributed by atoms with E-state index in [1.807, 2.05) is 18.2 Å². The summed E-state index contributed by atoms with van der Waals surface area (Å²) in [7, 11) is 4.25. The van der Waals surface area contributed by atoms with Gasteiger partial charge in [-0.3, -0.25) is 4.79 Å². The fraction of sp³-hybridized carbons (Fsp3) is 0.310. The number of phenols is 1. The molecule has 1 fully saturated rings. The fourth-order valence-electron chi connectivity index (χ4n) is 5.87. The van der Waals surface area contributed by atoms with Gasteiger partial charge in [0.25, 0.3) is 0 Å². The number of ether oxygens (including phenoxy) is 6. The molecule has 3 aromatic carbocycles.